The van der Waals surface area contributed by atoms with Gasteiger partial charge in [-0.05, 0) is 54.2 Å². The normalized spacial score (nSPS) is 10.8. The van der Waals surface area contributed by atoms with Crippen molar-refractivity contribution >= 4 is 23.5 Å². The molecule has 0 aliphatic carbocycles. The van der Waals surface area contributed by atoms with Crippen LogP contribution in [0.3, 0.4) is 0 Å². The summed E-state index contributed by atoms with van der Waals surface area (Å²) in [6, 6.07) is 19.6. The van der Waals surface area contributed by atoms with Crippen LogP contribution in [0.15, 0.2) is 76.2 Å². The van der Waals surface area contributed by atoms with Crippen molar-refractivity contribution < 1.29 is 8.81 Å². The third-order valence-electron chi connectivity index (χ3n) is 3.41. The maximum Gasteiger partial charge on any atom is 0.187 e. The summed E-state index contributed by atoms with van der Waals surface area (Å²) in [5.41, 5.74) is 4.67. The molecule has 0 aliphatic rings. The zero-order chi connectivity index (χ0) is 17.5. The van der Waals surface area contributed by atoms with E-state index in [1.54, 1.807) is 24.3 Å². The second-order valence-electron chi connectivity index (χ2n) is 5.25. The number of rotatable bonds is 5. The number of hydrogen-bond acceptors (Lipinski definition) is 3. The molecule has 0 fully saturated rings. The molecule has 6 heteroatoms. The van der Waals surface area contributed by atoms with Gasteiger partial charge in [0.2, 0.25) is 0 Å². The van der Waals surface area contributed by atoms with Crippen LogP contribution in [0.5, 0.6) is 0 Å². The zero-order valence-corrected chi connectivity index (χ0v) is 14.1. The number of furan rings is 1. The lowest BCUT2D eigenvalue weighted by molar-refractivity contribution is 0.574. The predicted molar refractivity (Wildman–Crippen MR) is 101 cm³/mol. The number of nitrogens with one attached hydrogen (secondary N) is 2. The first-order valence-corrected chi connectivity index (χ1v) is 8.08. The molecule has 2 aromatic carbocycles. The Morgan fingerprint density at radius 2 is 1.80 bits per heavy atom. The van der Waals surface area contributed by atoms with Crippen molar-refractivity contribution in [3.8, 4) is 11.3 Å². The van der Waals surface area contributed by atoms with Crippen LogP contribution < -0.4 is 10.7 Å². The quantitative estimate of drug-likeness (QED) is 0.412. The number of halogens is 1. The lowest BCUT2D eigenvalue weighted by Crippen LogP contribution is -2.31. The van der Waals surface area contributed by atoms with Gasteiger partial charge in [-0.2, -0.15) is 5.10 Å². The van der Waals surface area contributed by atoms with Crippen LogP contribution in [-0.4, -0.2) is 11.3 Å². The van der Waals surface area contributed by atoms with Crippen LogP contribution in [0.4, 0.5) is 4.39 Å². The molecule has 0 saturated carbocycles. The van der Waals surface area contributed by atoms with Gasteiger partial charge in [0.15, 0.2) is 5.11 Å². The Bertz CT molecular complexity index is 860. The summed E-state index contributed by atoms with van der Waals surface area (Å²) >= 11 is 5.16. The number of benzene rings is 2. The average Bonchev–Trinajstić information content (AvgIpc) is 3.10. The fraction of sp³-hybridized carbons (Fsp3) is 0.0526. The standard InChI is InChI=1S/C19H16FN3OS/c20-16-8-6-15(7-9-16)18-11-10-17(24-18)13-22-23-19(25)21-12-14-4-2-1-3-5-14/h1-11,13H,12H2,(H2,21,23,25). The van der Waals surface area contributed by atoms with Crippen molar-refractivity contribution in [2.75, 3.05) is 0 Å². The molecule has 0 bridgehead atoms. The monoisotopic (exact) mass is 353 g/mol. The molecule has 0 aliphatic heterocycles. The second kappa shape index (κ2) is 8.21. The lowest BCUT2D eigenvalue weighted by Gasteiger charge is -2.06. The molecule has 2 N–H and O–H groups in total. The second-order valence-corrected chi connectivity index (χ2v) is 5.66. The Balaban J connectivity index is 1.50. The maximum absolute atomic E-state index is 12.9. The van der Waals surface area contributed by atoms with Gasteiger partial charge in [0.25, 0.3) is 0 Å². The van der Waals surface area contributed by atoms with Crippen molar-refractivity contribution in [3.63, 3.8) is 0 Å². The van der Waals surface area contributed by atoms with Gasteiger partial charge >= 0.3 is 0 Å². The first-order valence-electron chi connectivity index (χ1n) is 7.67. The highest BCUT2D eigenvalue weighted by molar-refractivity contribution is 7.80. The summed E-state index contributed by atoms with van der Waals surface area (Å²) in [6.45, 7) is 0.623. The minimum atomic E-state index is -0.280. The predicted octanol–water partition coefficient (Wildman–Crippen LogP) is 4.08. The van der Waals surface area contributed by atoms with E-state index in [9.17, 15) is 4.39 Å². The number of hydrogen-bond donors (Lipinski definition) is 2. The van der Waals surface area contributed by atoms with E-state index in [2.05, 4.69) is 15.8 Å². The number of nitrogens with zero attached hydrogens (tertiary/aromatic N) is 1. The molecule has 25 heavy (non-hydrogen) atoms. The van der Waals surface area contributed by atoms with Crippen LogP contribution in [-0.2, 0) is 6.54 Å². The van der Waals surface area contributed by atoms with E-state index in [1.165, 1.54) is 18.3 Å². The average molecular weight is 353 g/mol. The summed E-state index contributed by atoms with van der Waals surface area (Å²) < 4.78 is 18.6. The van der Waals surface area contributed by atoms with Gasteiger partial charge in [0, 0.05) is 12.1 Å². The van der Waals surface area contributed by atoms with E-state index < -0.39 is 0 Å². The molecule has 3 rings (SSSR count). The molecule has 0 unspecified atom stereocenters. The van der Waals surface area contributed by atoms with Crippen LogP contribution in [0, 0.1) is 5.82 Å². The van der Waals surface area contributed by atoms with E-state index in [4.69, 9.17) is 16.6 Å². The Morgan fingerprint density at radius 3 is 2.56 bits per heavy atom. The van der Waals surface area contributed by atoms with Gasteiger partial charge in [-0.3, -0.25) is 5.43 Å². The van der Waals surface area contributed by atoms with Gasteiger partial charge in [-0.25, -0.2) is 4.39 Å². The minimum absolute atomic E-state index is 0.280. The molecular formula is C19H16FN3OS. The summed E-state index contributed by atoms with van der Waals surface area (Å²) in [7, 11) is 0. The van der Waals surface area contributed by atoms with Crippen LogP contribution in [0.2, 0.25) is 0 Å². The molecule has 3 aromatic rings. The van der Waals surface area contributed by atoms with Crippen LogP contribution in [0.1, 0.15) is 11.3 Å². The first-order chi connectivity index (χ1) is 12.2. The van der Waals surface area contributed by atoms with E-state index in [0.29, 0.717) is 23.2 Å². The summed E-state index contributed by atoms with van der Waals surface area (Å²) in [6.07, 6.45) is 1.53. The fourth-order valence-corrected chi connectivity index (χ4v) is 2.29. The fourth-order valence-electron chi connectivity index (χ4n) is 2.16. The van der Waals surface area contributed by atoms with E-state index in [-0.39, 0.29) is 5.82 Å². The van der Waals surface area contributed by atoms with Crippen molar-refractivity contribution in [2.24, 2.45) is 5.10 Å². The van der Waals surface area contributed by atoms with Gasteiger partial charge in [0.05, 0.1) is 6.21 Å². The highest BCUT2D eigenvalue weighted by Crippen LogP contribution is 2.21. The van der Waals surface area contributed by atoms with Gasteiger partial charge in [-0.1, -0.05) is 30.3 Å². The Labute approximate surface area is 150 Å². The molecule has 0 spiro atoms. The molecule has 1 heterocycles. The van der Waals surface area contributed by atoms with Crippen molar-refractivity contribution in [1.82, 2.24) is 10.7 Å². The van der Waals surface area contributed by atoms with Gasteiger partial charge in [-0.15, -0.1) is 0 Å². The largest absolute Gasteiger partial charge is 0.455 e. The molecule has 0 radical (unpaired) electrons. The van der Waals surface area contributed by atoms with Crippen molar-refractivity contribution in [2.45, 2.75) is 6.54 Å². The van der Waals surface area contributed by atoms with E-state index in [1.807, 2.05) is 30.3 Å². The highest BCUT2D eigenvalue weighted by Gasteiger charge is 2.03. The third kappa shape index (κ3) is 4.99. The summed E-state index contributed by atoms with van der Waals surface area (Å²) in [5.74, 6) is 0.932. The highest BCUT2D eigenvalue weighted by atomic mass is 32.1. The van der Waals surface area contributed by atoms with E-state index >= 15 is 0 Å². The molecular weight excluding hydrogens is 337 g/mol. The molecule has 0 amide bonds. The molecule has 1 aromatic heterocycles. The first kappa shape index (κ1) is 16.9. The third-order valence-corrected chi connectivity index (χ3v) is 3.64. The van der Waals surface area contributed by atoms with Crippen molar-refractivity contribution in [1.29, 1.82) is 0 Å². The zero-order valence-electron chi connectivity index (χ0n) is 13.3. The molecule has 0 atom stereocenters. The smallest absolute Gasteiger partial charge is 0.187 e. The van der Waals surface area contributed by atoms with Crippen LogP contribution in [0.25, 0.3) is 11.3 Å². The van der Waals surface area contributed by atoms with Gasteiger partial charge in [0.1, 0.15) is 17.3 Å². The van der Waals surface area contributed by atoms with Crippen molar-refractivity contribution in [3.05, 3.63) is 83.9 Å². The SMILES string of the molecule is Fc1ccc(-c2ccc(C=NNC(=S)NCc3ccccc3)o2)cc1. The topological polar surface area (TPSA) is 49.6 Å². The van der Waals surface area contributed by atoms with Crippen LogP contribution >= 0.6 is 12.2 Å². The Kier molecular flexibility index (Phi) is 5.53. The Morgan fingerprint density at radius 1 is 1.04 bits per heavy atom. The summed E-state index contributed by atoms with van der Waals surface area (Å²) in [5, 5.41) is 7.53. The minimum Gasteiger partial charge on any atom is -0.455 e. The number of thiocarbonyl (C=S) groups is 1. The molecule has 0 saturated heterocycles. The summed E-state index contributed by atoms with van der Waals surface area (Å²) in [4.78, 5) is 0. The lowest BCUT2D eigenvalue weighted by atomic mass is 10.2. The molecule has 126 valence electrons. The maximum atomic E-state index is 12.9. The molecule has 4 nitrogen and oxygen atoms in total. The number of hydrazone groups is 1. The van der Waals surface area contributed by atoms with E-state index in [0.717, 1.165) is 11.1 Å². The Hall–Kier alpha value is -2.99. The van der Waals surface area contributed by atoms with Gasteiger partial charge < -0.3 is 9.73 Å².